The summed E-state index contributed by atoms with van der Waals surface area (Å²) < 4.78 is 12.2. The van der Waals surface area contributed by atoms with Gasteiger partial charge in [-0.05, 0) is 40.8 Å². The zero-order valence-electron chi connectivity index (χ0n) is 11.5. The number of benzene rings is 2. The Balaban J connectivity index is 1.60. The molecule has 2 aromatic rings. The summed E-state index contributed by atoms with van der Waals surface area (Å²) in [6, 6.07) is 15.0. The average molecular weight is 408 g/mol. The van der Waals surface area contributed by atoms with Crippen LogP contribution in [0, 0.1) is 3.57 Å². The van der Waals surface area contributed by atoms with Gasteiger partial charge in [0.25, 0.3) is 5.91 Å². The van der Waals surface area contributed by atoms with Gasteiger partial charge in [0.2, 0.25) is 6.10 Å². The lowest BCUT2D eigenvalue weighted by atomic mass is 10.2. The van der Waals surface area contributed by atoms with Crippen molar-refractivity contribution < 1.29 is 14.3 Å². The third kappa shape index (κ3) is 3.38. The Hall–Kier alpha value is -2.09. The van der Waals surface area contributed by atoms with E-state index < -0.39 is 6.10 Å². The van der Waals surface area contributed by atoms with Crippen LogP contribution in [0.25, 0.3) is 0 Å². The van der Waals surface area contributed by atoms with Crippen molar-refractivity contribution in [3.63, 3.8) is 0 Å². The molecule has 2 aromatic carbocycles. The van der Waals surface area contributed by atoms with Crippen molar-refractivity contribution in [1.29, 1.82) is 0 Å². The molecule has 1 aliphatic rings. The molecule has 0 radical (unpaired) electrons. The van der Waals surface area contributed by atoms with Gasteiger partial charge in [-0.1, -0.05) is 30.3 Å². The number of hydrazone groups is 1. The van der Waals surface area contributed by atoms with Crippen molar-refractivity contribution >= 4 is 34.7 Å². The first-order valence-corrected chi connectivity index (χ1v) is 7.78. The number of rotatable bonds is 3. The fourth-order valence-corrected chi connectivity index (χ4v) is 2.49. The number of carbonyl (C=O) groups excluding carboxylic acids is 1. The number of amides is 1. The number of hydrogen-bond donors (Lipinski definition) is 1. The predicted molar refractivity (Wildman–Crippen MR) is 91.2 cm³/mol. The standard InChI is InChI=1S/C16H13IN2O3/c17-12-6-2-1-5-11(12)9-18-19-16(20)15-10-21-13-7-3-4-8-14(13)22-15/h1-9,15H,10H2,(H,19,20)/b18-9-/t15-/m1/s1. The number of hydrogen-bond acceptors (Lipinski definition) is 4. The molecule has 0 fully saturated rings. The second-order valence-corrected chi connectivity index (χ2v) is 5.78. The highest BCUT2D eigenvalue weighted by molar-refractivity contribution is 14.1. The van der Waals surface area contributed by atoms with E-state index in [0.717, 1.165) is 9.13 Å². The molecule has 0 saturated heterocycles. The number of ether oxygens (including phenoxy) is 2. The molecular formula is C16H13IN2O3. The Kier molecular flexibility index (Phi) is 4.57. The van der Waals surface area contributed by atoms with E-state index in [0.29, 0.717) is 11.5 Å². The predicted octanol–water partition coefficient (Wildman–Crippen LogP) is 2.58. The fraction of sp³-hybridized carbons (Fsp3) is 0.125. The molecule has 1 N–H and O–H groups in total. The molecule has 6 heteroatoms. The van der Waals surface area contributed by atoms with Crippen LogP contribution in [0.4, 0.5) is 0 Å². The van der Waals surface area contributed by atoms with E-state index in [1.54, 1.807) is 18.3 Å². The molecule has 0 aliphatic carbocycles. The van der Waals surface area contributed by atoms with E-state index >= 15 is 0 Å². The van der Waals surface area contributed by atoms with Crippen LogP contribution < -0.4 is 14.9 Å². The molecule has 3 rings (SSSR count). The highest BCUT2D eigenvalue weighted by Gasteiger charge is 2.26. The molecule has 1 aliphatic heterocycles. The van der Waals surface area contributed by atoms with Crippen molar-refractivity contribution in [3.05, 3.63) is 57.7 Å². The maximum absolute atomic E-state index is 12.1. The van der Waals surface area contributed by atoms with Crippen molar-refractivity contribution in [2.45, 2.75) is 6.10 Å². The Morgan fingerprint density at radius 2 is 1.91 bits per heavy atom. The SMILES string of the molecule is O=C(N/N=C\c1ccccc1I)[C@H]1COc2ccccc2O1. The fourth-order valence-electron chi connectivity index (χ4n) is 1.97. The molecule has 0 spiro atoms. The quantitative estimate of drug-likeness (QED) is 0.483. The molecule has 0 bridgehead atoms. The minimum Gasteiger partial charge on any atom is -0.485 e. The molecule has 1 amide bonds. The zero-order chi connectivity index (χ0) is 15.4. The lowest BCUT2D eigenvalue weighted by Crippen LogP contribution is -2.42. The minimum absolute atomic E-state index is 0.168. The largest absolute Gasteiger partial charge is 0.485 e. The summed E-state index contributed by atoms with van der Waals surface area (Å²) in [4.78, 5) is 12.1. The Bertz CT molecular complexity index is 718. The van der Waals surface area contributed by atoms with Gasteiger partial charge >= 0.3 is 0 Å². The summed E-state index contributed by atoms with van der Waals surface area (Å²) in [5, 5.41) is 3.97. The molecular weight excluding hydrogens is 395 g/mol. The van der Waals surface area contributed by atoms with Crippen LogP contribution in [0.15, 0.2) is 53.6 Å². The maximum Gasteiger partial charge on any atom is 0.284 e. The van der Waals surface area contributed by atoms with E-state index in [2.05, 4.69) is 33.1 Å². The summed E-state index contributed by atoms with van der Waals surface area (Å²) in [6.45, 7) is 0.168. The Morgan fingerprint density at radius 1 is 1.18 bits per heavy atom. The monoisotopic (exact) mass is 408 g/mol. The van der Waals surface area contributed by atoms with Gasteiger partial charge in [0.1, 0.15) is 6.61 Å². The first-order chi connectivity index (χ1) is 10.7. The van der Waals surface area contributed by atoms with Crippen LogP contribution in [0.1, 0.15) is 5.56 Å². The number of para-hydroxylation sites is 2. The smallest absolute Gasteiger partial charge is 0.284 e. The van der Waals surface area contributed by atoms with Crippen molar-refractivity contribution in [2.75, 3.05) is 6.61 Å². The zero-order valence-corrected chi connectivity index (χ0v) is 13.7. The second kappa shape index (κ2) is 6.78. The number of nitrogens with zero attached hydrogens (tertiary/aromatic N) is 1. The lowest BCUT2D eigenvalue weighted by molar-refractivity contribution is -0.130. The molecule has 0 aromatic heterocycles. The van der Waals surface area contributed by atoms with Gasteiger partial charge in [-0.25, -0.2) is 5.43 Å². The van der Waals surface area contributed by atoms with Crippen LogP contribution in [-0.4, -0.2) is 24.8 Å². The van der Waals surface area contributed by atoms with E-state index in [9.17, 15) is 4.79 Å². The van der Waals surface area contributed by atoms with Gasteiger partial charge in [-0.15, -0.1) is 0 Å². The van der Waals surface area contributed by atoms with Crippen LogP contribution in [0.2, 0.25) is 0 Å². The summed E-state index contributed by atoms with van der Waals surface area (Å²) in [5.41, 5.74) is 3.42. The van der Waals surface area contributed by atoms with E-state index in [4.69, 9.17) is 9.47 Å². The molecule has 0 unspecified atom stereocenters. The maximum atomic E-state index is 12.1. The molecule has 1 atom stereocenters. The van der Waals surface area contributed by atoms with Gasteiger partial charge in [0.05, 0.1) is 6.21 Å². The van der Waals surface area contributed by atoms with Crippen LogP contribution in [0.5, 0.6) is 11.5 Å². The van der Waals surface area contributed by atoms with Crippen LogP contribution >= 0.6 is 22.6 Å². The Morgan fingerprint density at radius 3 is 2.73 bits per heavy atom. The van der Waals surface area contributed by atoms with Gasteiger partial charge in [0, 0.05) is 9.13 Å². The van der Waals surface area contributed by atoms with Crippen molar-refractivity contribution in [1.82, 2.24) is 5.43 Å². The van der Waals surface area contributed by atoms with Gasteiger partial charge in [-0.2, -0.15) is 5.10 Å². The first-order valence-electron chi connectivity index (χ1n) is 6.70. The third-order valence-corrected chi connectivity index (χ3v) is 4.07. The summed E-state index contributed by atoms with van der Waals surface area (Å²) in [5.74, 6) is 0.876. The average Bonchev–Trinajstić information content (AvgIpc) is 2.56. The minimum atomic E-state index is -0.707. The summed E-state index contributed by atoms with van der Waals surface area (Å²) in [7, 11) is 0. The highest BCUT2D eigenvalue weighted by Crippen LogP contribution is 2.30. The molecule has 5 nitrogen and oxygen atoms in total. The Labute approximate surface area is 141 Å². The summed E-state index contributed by atoms with van der Waals surface area (Å²) in [6.07, 6.45) is 0.902. The molecule has 1 heterocycles. The van der Waals surface area contributed by atoms with Gasteiger partial charge < -0.3 is 9.47 Å². The van der Waals surface area contributed by atoms with Crippen LogP contribution in [-0.2, 0) is 4.79 Å². The van der Waals surface area contributed by atoms with Gasteiger partial charge in [0.15, 0.2) is 11.5 Å². The van der Waals surface area contributed by atoms with E-state index in [-0.39, 0.29) is 12.5 Å². The highest BCUT2D eigenvalue weighted by atomic mass is 127. The number of carbonyl (C=O) groups is 1. The number of nitrogens with one attached hydrogen (secondary N) is 1. The van der Waals surface area contributed by atoms with Gasteiger partial charge in [-0.3, -0.25) is 4.79 Å². The third-order valence-electron chi connectivity index (χ3n) is 3.08. The topological polar surface area (TPSA) is 59.9 Å². The van der Waals surface area contributed by atoms with Crippen molar-refractivity contribution in [3.8, 4) is 11.5 Å². The number of fused-ring (bicyclic) bond motifs is 1. The number of halogens is 1. The lowest BCUT2D eigenvalue weighted by Gasteiger charge is -2.24. The summed E-state index contributed by atoms with van der Waals surface area (Å²) >= 11 is 2.21. The molecule has 112 valence electrons. The van der Waals surface area contributed by atoms with Crippen LogP contribution in [0.3, 0.4) is 0 Å². The molecule has 0 saturated carbocycles. The molecule has 22 heavy (non-hydrogen) atoms. The van der Waals surface area contributed by atoms with E-state index in [1.807, 2.05) is 36.4 Å². The normalized spacial score (nSPS) is 16.5. The second-order valence-electron chi connectivity index (χ2n) is 4.62. The van der Waals surface area contributed by atoms with Crippen molar-refractivity contribution in [2.24, 2.45) is 5.10 Å². The first kappa shape index (κ1) is 14.8. The van der Waals surface area contributed by atoms with E-state index in [1.165, 1.54) is 0 Å².